The summed E-state index contributed by atoms with van der Waals surface area (Å²) in [6, 6.07) is 13.9. The number of hydrogen-bond acceptors (Lipinski definition) is 7. The summed E-state index contributed by atoms with van der Waals surface area (Å²) in [7, 11) is 0. The van der Waals surface area contributed by atoms with Gasteiger partial charge in [-0.3, -0.25) is 4.90 Å². The molecule has 7 nitrogen and oxygen atoms in total. The summed E-state index contributed by atoms with van der Waals surface area (Å²) in [5, 5.41) is 3.78. The summed E-state index contributed by atoms with van der Waals surface area (Å²) in [6.07, 6.45) is 0. The minimum atomic E-state index is -0.216. The molecule has 1 aliphatic rings. The maximum Gasteiger partial charge on any atom is 0.232 e. The lowest BCUT2D eigenvalue weighted by Gasteiger charge is -2.35. The van der Waals surface area contributed by atoms with E-state index in [9.17, 15) is 4.39 Å². The predicted octanol–water partition coefficient (Wildman–Crippen LogP) is 3.31. The van der Waals surface area contributed by atoms with E-state index >= 15 is 0 Å². The van der Waals surface area contributed by atoms with Crippen LogP contribution < -0.4 is 16.0 Å². The van der Waals surface area contributed by atoms with E-state index in [4.69, 9.17) is 17.3 Å². The highest BCUT2D eigenvalue weighted by Crippen LogP contribution is 2.19. The fourth-order valence-electron chi connectivity index (χ4n) is 3.26. The van der Waals surface area contributed by atoms with Gasteiger partial charge in [0.15, 0.2) is 0 Å². The minimum absolute atomic E-state index is 0.171. The van der Waals surface area contributed by atoms with Crippen molar-refractivity contribution in [3.8, 4) is 0 Å². The lowest BCUT2D eigenvalue weighted by Crippen LogP contribution is -2.46. The van der Waals surface area contributed by atoms with Gasteiger partial charge in [0.1, 0.15) is 11.6 Å². The molecule has 150 valence electrons. The van der Waals surface area contributed by atoms with E-state index in [1.54, 1.807) is 24.3 Å². The number of piperazine rings is 1. The zero-order valence-corrected chi connectivity index (χ0v) is 16.5. The molecule has 1 aromatic heterocycles. The number of nitrogens with one attached hydrogen (secondary N) is 1. The third-order valence-corrected chi connectivity index (χ3v) is 4.96. The van der Waals surface area contributed by atoms with Gasteiger partial charge < -0.3 is 16.0 Å². The maximum absolute atomic E-state index is 13.5. The van der Waals surface area contributed by atoms with Gasteiger partial charge in [-0.1, -0.05) is 17.7 Å². The van der Waals surface area contributed by atoms with Crippen LogP contribution in [0.3, 0.4) is 0 Å². The standard InChI is InChI=1S/C20H21ClFN7/c21-14-4-6-16(7-5-14)24-20-26-18(25-19(23)27-20)13-28-8-10-29(11-9-28)17-3-1-2-15(22)12-17/h1-7,12H,8-11,13H2,(H3,23,24,25,26,27). The molecule has 2 aromatic carbocycles. The molecule has 0 aliphatic carbocycles. The molecular weight excluding hydrogens is 393 g/mol. The van der Waals surface area contributed by atoms with Gasteiger partial charge in [0.05, 0.1) is 6.54 Å². The summed E-state index contributed by atoms with van der Waals surface area (Å²) >= 11 is 5.91. The third kappa shape index (κ3) is 5.10. The van der Waals surface area contributed by atoms with Crippen LogP contribution in [0.2, 0.25) is 5.02 Å². The SMILES string of the molecule is Nc1nc(CN2CCN(c3cccc(F)c3)CC2)nc(Nc2ccc(Cl)cc2)n1. The molecule has 0 amide bonds. The Morgan fingerprint density at radius 1 is 1.00 bits per heavy atom. The van der Waals surface area contributed by atoms with E-state index in [1.165, 1.54) is 6.07 Å². The number of nitrogen functional groups attached to an aromatic ring is 1. The van der Waals surface area contributed by atoms with E-state index in [0.717, 1.165) is 37.6 Å². The summed E-state index contributed by atoms with van der Waals surface area (Å²) in [6.45, 7) is 3.82. The minimum Gasteiger partial charge on any atom is -0.369 e. The fraction of sp³-hybridized carbons (Fsp3) is 0.250. The second-order valence-corrected chi connectivity index (χ2v) is 7.24. The molecule has 0 saturated carbocycles. The van der Waals surface area contributed by atoms with Crippen molar-refractivity contribution in [1.82, 2.24) is 19.9 Å². The summed E-state index contributed by atoms with van der Waals surface area (Å²) in [5.41, 5.74) is 7.59. The Morgan fingerprint density at radius 3 is 2.48 bits per heavy atom. The molecule has 1 saturated heterocycles. The molecule has 0 bridgehead atoms. The first-order chi connectivity index (χ1) is 14.0. The zero-order valence-electron chi connectivity index (χ0n) is 15.7. The largest absolute Gasteiger partial charge is 0.369 e. The van der Waals surface area contributed by atoms with Crippen molar-refractivity contribution in [3.63, 3.8) is 0 Å². The Hall–Kier alpha value is -2.97. The summed E-state index contributed by atoms with van der Waals surface area (Å²) in [4.78, 5) is 17.3. The van der Waals surface area contributed by atoms with Crippen molar-refractivity contribution in [3.05, 3.63) is 65.2 Å². The quantitative estimate of drug-likeness (QED) is 0.663. The maximum atomic E-state index is 13.5. The molecule has 29 heavy (non-hydrogen) atoms. The Bertz CT molecular complexity index is 975. The Labute approximate surface area is 173 Å². The predicted molar refractivity (Wildman–Crippen MR) is 113 cm³/mol. The molecule has 0 unspecified atom stereocenters. The number of nitrogens with two attached hydrogens (primary N) is 1. The van der Waals surface area contributed by atoms with Crippen molar-refractivity contribution in [2.75, 3.05) is 42.1 Å². The van der Waals surface area contributed by atoms with Gasteiger partial charge in [-0.15, -0.1) is 0 Å². The van der Waals surface area contributed by atoms with Crippen LogP contribution in [0.15, 0.2) is 48.5 Å². The monoisotopic (exact) mass is 413 g/mol. The summed E-state index contributed by atoms with van der Waals surface area (Å²) in [5.74, 6) is 0.956. The normalized spacial score (nSPS) is 14.8. The number of anilines is 4. The van der Waals surface area contributed by atoms with Crippen molar-refractivity contribution in [2.24, 2.45) is 0 Å². The van der Waals surface area contributed by atoms with E-state index < -0.39 is 0 Å². The molecule has 9 heteroatoms. The van der Waals surface area contributed by atoms with Crippen LogP contribution >= 0.6 is 11.6 Å². The molecule has 2 heterocycles. The van der Waals surface area contributed by atoms with E-state index in [1.807, 2.05) is 18.2 Å². The molecule has 0 atom stereocenters. The van der Waals surface area contributed by atoms with Crippen LogP contribution in [-0.4, -0.2) is 46.0 Å². The highest BCUT2D eigenvalue weighted by molar-refractivity contribution is 6.30. The molecule has 0 spiro atoms. The molecule has 1 aliphatic heterocycles. The lowest BCUT2D eigenvalue weighted by molar-refractivity contribution is 0.244. The second-order valence-electron chi connectivity index (χ2n) is 6.81. The highest BCUT2D eigenvalue weighted by Gasteiger charge is 2.19. The van der Waals surface area contributed by atoms with Gasteiger partial charge in [-0.25, -0.2) is 4.39 Å². The zero-order chi connectivity index (χ0) is 20.2. The van der Waals surface area contributed by atoms with Crippen LogP contribution in [-0.2, 0) is 6.54 Å². The molecule has 3 aromatic rings. The average Bonchev–Trinajstić information content (AvgIpc) is 2.70. The average molecular weight is 414 g/mol. The first-order valence-electron chi connectivity index (χ1n) is 9.31. The Balaban J connectivity index is 1.38. The van der Waals surface area contributed by atoms with Gasteiger partial charge in [-0.2, -0.15) is 15.0 Å². The topological polar surface area (TPSA) is 83.2 Å². The Kier molecular flexibility index (Phi) is 5.73. The van der Waals surface area contributed by atoms with Crippen molar-refractivity contribution < 1.29 is 4.39 Å². The van der Waals surface area contributed by atoms with Gasteiger partial charge in [0.25, 0.3) is 0 Å². The fourth-order valence-corrected chi connectivity index (χ4v) is 3.39. The number of aromatic nitrogens is 3. The molecule has 3 N–H and O–H groups in total. The Morgan fingerprint density at radius 2 is 1.76 bits per heavy atom. The van der Waals surface area contributed by atoms with Crippen LogP contribution in [0.5, 0.6) is 0 Å². The number of benzene rings is 2. The lowest BCUT2D eigenvalue weighted by atomic mass is 10.2. The third-order valence-electron chi connectivity index (χ3n) is 4.71. The first-order valence-corrected chi connectivity index (χ1v) is 9.69. The van der Waals surface area contributed by atoms with Crippen LogP contribution in [0.4, 0.5) is 27.7 Å². The number of rotatable bonds is 5. The molecule has 1 fully saturated rings. The molecule has 0 radical (unpaired) electrons. The van der Waals surface area contributed by atoms with Crippen molar-refractivity contribution in [2.45, 2.75) is 6.54 Å². The molecule has 4 rings (SSSR count). The van der Waals surface area contributed by atoms with E-state index in [-0.39, 0.29) is 11.8 Å². The van der Waals surface area contributed by atoms with Crippen LogP contribution in [0, 0.1) is 5.82 Å². The first kappa shape index (κ1) is 19.4. The van der Waals surface area contributed by atoms with Crippen molar-refractivity contribution >= 4 is 34.9 Å². The van der Waals surface area contributed by atoms with Gasteiger partial charge in [0, 0.05) is 42.6 Å². The number of nitrogens with zero attached hydrogens (tertiary/aromatic N) is 5. The van der Waals surface area contributed by atoms with E-state index in [0.29, 0.717) is 23.3 Å². The highest BCUT2D eigenvalue weighted by atomic mass is 35.5. The number of hydrogen-bond donors (Lipinski definition) is 2. The molecular formula is C20H21ClFN7. The van der Waals surface area contributed by atoms with Gasteiger partial charge in [0.2, 0.25) is 11.9 Å². The van der Waals surface area contributed by atoms with Crippen molar-refractivity contribution in [1.29, 1.82) is 0 Å². The van der Waals surface area contributed by atoms with Gasteiger partial charge >= 0.3 is 0 Å². The van der Waals surface area contributed by atoms with Gasteiger partial charge in [-0.05, 0) is 42.5 Å². The van der Waals surface area contributed by atoms with Crippen LogP contribution in [0.25, 0.3) is 0 Å². The second kappa shape index (κ2) is 8.59. The van der Waals surface area contributed by atoms with E-state index in [2.05, 4.69) is 30.1 Å². The summed E-state index contributed by atoms with van der Waals surface area (Å²) < 4.78 is 13.5. The smallest absolute Gasteiger partial charge is 0.232 e. The van der Waals surface area contributed by atoms with Crippen LogP contribution in [0.1, 0.15) is 5.82 Å². The number of halogens is 2.